The monoisotopic (exact) mass is 369 g/mol. The van der Waals surface area contributed by atoms with Crippen LogP contribution in [0.5, 0.6) is 5.75 Å². The van der Waals surface area contributed by atoms with Gasteiger partial charge in [-0.2, -0.15) is 0 Å². The number of methoxy groups -OCH3 is 1. The molecule has 1 fully saturated rings. The number of aromatic nitrogens is 1. The molecule has 1 saturated heterocycles. The van der Waals surface area contributed by atoms with Gasteiger partial charge >= 0.3 is 6.03 Å². The fraction of sp³-hybridized carbons (Fsp3) is 0.350. The second-order valence-electron chi connectivity index (χ2n) is 7.19. The molecular formula is C20H23N3O4. The van der Waals surface area contributed by atoms with Gasteiger partial charge in [0.05, 0.1) is 13.7 Å². The van der Waals surface area contributed by atoms with E-state index in [0.717, 1.165) is 27.7 Å². The smallest absolute Gasteiger partial charge is 0.325 e. The number of nitrogens with one attached hydrogen (secondary N) is 1. The first-order chi connectivity index (χ1) is 12.7. The van der Waals surface area contributed by atoms with E-state index in [4.69, 9.17) is 4.74 Å². The van der Waals surface area contributed by atoms with Crippen LogP contribution in [0.3, 0.4) is 0 Å². The zero-order chi connectivity index (χ0) is 19.9. The Labute approximate surface area is 157 Å². The van der Waals surface area contributed by atoms with Gasteiger partial charge in [-0.05, 0) is 58.0 Å². The van der Waals surface area contributed by atoms with Crippen molar-refractivity contribution in [2.45, 2.75) is 33.2 Å². The van der Waals surface area contributed by atoms with Crippen LogP contribution in [-0.2, 0) is 4.79 Å². The minimum atomic E-state index is -0.989. The summed E-state index contributed by atoms with van der Waals surface area (Å²) in [5, 5.41) is 2.59. The third kappa shape index (κ3) is 3.20. The number of imide groups is 1. The normalized spacial score (nSPS) is 15.8. The maximum absolute atomic E-state index is 12.8. The molecule has 1 aliphatic rings. The van der Waals surface area contributed by atoms with Crippen molar-refractivity contribution in [1.82, 2.24) is 14.8 Å². The van der Waals surface area contributed by atoms with Gasteiger partial charge in [-0.25, -0.2) is 4.79 Å². The van der Waals surface area contributed by atoms with E-state index in [2.05, 4.69) is 5.32 Å². The number of rotatable bonds is 5. The van der Waals surface area contributed by atoms with Gasteiger partial charge in [0.15, 0.2) is 5.78 Å². The Morgan fingerprint density at radius 3 is 2.30 bits per heavy atom. The molecule has 1 aromatic heterocycles. The van der Waals surface area contributed by atoms with Crippen molar-refractivity contribution < 1.29 is 19.1 Å². The van der Waals surface area contributed by atoms with Crippen LogP contribution >= 0.6 is 0 Å². The van der Waals surface area contributed by atoms with E-state index in [1.54, 1.807) is 27.0 Å². The first kappa shape index (κ1) is 18.7. The molecule has 0 spiro atoms. The third-order valence-electron chi connectivity index (χ3n) is 4.81. The number of urea groups is 1. The number of hydrogen-bond acceptors (Lipinski definition) is 4. The van der Waals surface area contributed by atoms with Crippen LogP contribution in [-0.4, -0.2) is 46.4 Å². The predicted octanol–water partition coefficient (Wildman–Crippen LogP) is 2.62. The minimum Gasteiger partial charge on any atom is -0.497 e. The molecular weight excluding hydrogens is 346 g/mol. The summed E-state index contributed by atoms with van der Waals surface area (Å²) < 4.78 is 7.14. The molecule has 0 atom stereocenters. The van der Waals surface area contributed by atoms with Crippen LogP contribution in [0.4, 0.5) is 4.79 Å². The molecule has 1 N–H and O–H groups in total. The van der Waals surface area contributed by atoms with Crippen LogP contribution in [0.25, 0.3) is 5.69 Å². The number of Topliss-reactive ketones (excluding diaryl/α,β-unsaturated/α-hetero) is 1. The van der Waals surface area contributed by atoms with Gasteiger partial charge in [0.1, 0.15) is 11.3 Å². The second kappa shape index (κ2) is 6.57. The van der Waals surface area contributed by atoms with Crippen LogP contribution < -0.4 is 10.1 Å². The fourth-order valence-corrected chi connectivity index (χ4v) is 3.36. The zero-order valence-electron chi connectivity index (χ0n) is 16.1. The van der Waals surface area contributed by atoms with Gasteiger partial charge in [0, 0.05) is 22.6 Å². The molecule has 3 amide bonds. The van der Waals surface area contributed by atoms with Crippen LogP contribution in [0.1, 0.15) is 35.6 Å². The van der Waals surface area contributed by atoms with Gasteiger partial charge < -0.3 is 14.6 Å². The van der Waals surface area contributed by atoms with E-state index in [1.165, 1.54) is 0 Å². The van der Waals surface area contributed by atoms with Crippen molar-refractivity contribution in [2.75, 3.05) is 13.7 Å². The highest BCUT2D eigenvalue weighted by molar-refractivity contribution is 6.11. The van der Waals surface area contributed by atoms with Crippen molar-refractivity contribution >= 4 is 17.7 Å². The number of carbonyl (C=O) groups is 3. The van der Waals surface area contributed by atoms with Gasteiger partial charge in [0.2, 0.25) is 0 Å². The summed E-state index contributed by atoms with van der Waals surface area (Å²) in [7, 11) is 1.61. The largest absolute Gasteiger partial charge is 0.497 e. The minimum absolute atomic E-state index is 0.274. The van der Waals surface area contributed by atoms with E-state index < -0.39 is 17.5 Å². The lowest BCUT2D eigenvalue weighted by atomic mass is 10.1. The topological polar surface area (TPSA) is 80.6 Å². The summed E-state index contributed by atoms with van der Waals surface area (Å²) in [6.45, 7) is 6.71. The number of amides is 3. The number of ketones is 1. The maximum Gasteiger partial charge on any atom is 0.325 e. The van der Waals surface area contributed by atoms with Gasteiger partial charge in [-0.3, -0.25) is 14.5 Å². The van der Waals surface area contributed by atoms with Crippen molar-refractivity contribution in [3.63, 3.8) is 0 Å². The van der Waals surface area contributed by atoms with E-state index >= 15 is 0 Å². The highest BCUT2D eigenvalue weighted by atomic mass is 16.5. The number of aryl methyl sites for hydroxylation is 1. The molecule has 0 radical (unpaired) electrons. The average Bonchev–Trinajstić information content (AvgIpc) is 3.02. The maximum atomic E-state index is 12.8. The molecule has 0 aliphatic carbocycles. The highest BCUT2D eigenvalue weighted by Crippen LogP contribution is 2.24. The van der Waals surface area contributed by atoms with E-state index in [9.17, 15) is 14.4 Å². The van der Waals surface area contributed by atoms with Gasteiger partial charge in [-0.1, -0.05) is 0 Å². The van der Waals surface area contributed by atoms with Crippen molar-refractivity contribution in [2.24, 2.45) is 0 Å². The lowest BCUT2D eigenvalue weighted by molar-refractivity contribution is -0.129. The number of nitrogens with zero attached hydrogens (tertiary/aromatic N) is 2. The molecule has 1 aliphatic heterocycles. The third-order valence-corrected chi connectivity index (χ3v) is 4.81. The summed E-state index contributed by atoms with van der Waals surface area (Å²) in [6, 6.07) is 8.77. The molecule has 0 bridgehead atoms. The number of hydrogen-bond donors (Lipinski definition) is 1. The molecule has 2 heterocycles. The Morgan fingerprint density at radius 1 is 1.15 bits per heavy atom. The summed E-state index contributed by atoms with van der Waals surface area (Å²) >= 11 is 0. The summed E-state index contributed by atoms with van der Waals surface area (Å²) in [4.78, 5) is 38.1. The van der Waals surface area contributed by atoms with Gasteiger partial charge in [0.25, 0.3) is 5.91 Å². The Bertz CT molecular complexity index is 925. The SMILES string of the molecule is COc1ccc(-n2c(C)cc(C(=O)CN3C(=O)NC(C)(C)C3=O)c2C)cc1. The van der Waals surface area contributed by atoms with Gasteiger partial charge in [-0.15, -0.1) is 0 Å². The summed E-state index contributed by atoms with van der Waals surface area (Å²) in [6.07, 6.45) is 0. The molecule has 1 aromatic carbocycles. The Hall–Kier alpha value is -3.09. The van der Waals surface area contributed by atoms with Crippen LogP contribution in [0.15, 0.2) is 30.3 Å². The molecule has 7 heteroatoms. The Kier molecular flexibility index (Phi) is 4.55. The second-order valence-corrected chi connectivity index (χ2v) is 7.19. The fourth-order valence-electron chi connectivity index (χ4n) is 3.36. The first-order valence-corrected chi connectivity index (χ1v) is 8.66. The molecule has 0 saturated carbocycles. The molecule has 7 nitrogen and oxygen atoms in total. The highest BCUT2D eigenvalue weighted by Gasteiger charge is 2.45. The molecule has 27 heavy (non-hydrogen) atoms. The lowest BCUT2D eigenvalue weighted by Crippen LogP contribution is -2.41. The van der Waals surface area contributed by atoms with E-state index in [-0.39, 0.29) is 12.3 Å². The quantitative estimate of drug-likeness (QED) is 0.649. The van der Waals surface area contributed by atoms with E-state index in [1.807, 2.05) is 42.7 Å². The summed E-state index contributed by atoms with van der Waals surface area (Å²) in [5.41, 5.74) is 2.05. The number of benzene rings is 1. The zero-order valence-corrected chi connectivity index (χ0v) is 16.1. The first-order valence-electron chi connectivity index (χ1n) is 8.66. The molecule has 2 aromatic rings. The van der Waals surface area contributed by atoms with Crippen molar-refractivity contribution in [3.05, 3.63) is 47.3 Å². The van der Waals surface area contributed by atoms with Crippen LogP contribution in [0.2, 0.25) is 0 Å². The number of carbonyl (C=O) groups excluding carboxylic acids is 3. The van der Waals surface area contributed by atoms with Crippen LogP contribution in [0, 0.1) is 13.8 Å². The summed E-state index contributed by atoms with van der Waals surface area (Å²) in [5.74, 6) is 0.0764. The molecule has 0 unspecified atom stereocenters. The number of ether oxygens (including phenoxy) is 1. The average molecular weight is 369 g/mol. The lowest BCUT2D eigenvalue weighted by Gasteiger charge is -2.15. The molecule has 3 rings (SSSR count). The van der Waals surface area contributed by atoms with Crippen molar-refractivity contribution in [1.29, 1.82) is 0 Å². The molecule has 142 valence electrons. The standard InChI is InChI=1S/C20H23N3O4/c1-12-10-16(13(2)23(12)14-6-8-15(27-5)9-7-14)17(24)11-22-18(25)20(3,4)21-19(22)26/h6-10H,11H2,1-5H3,(H,21,26). The van der Waals surface area contributed by atoms with Crippen molar-refractivity contribution in [3.8, 4) is 11.4 Å². The Morgan fingerprint density at radius 2 is 1.78 bits per heavy atom. The Balaban J connectivity index is 1.88. The van der Waals surface area contributed by atoms with E-state index in [0.29, 0.717) is 5.56 Å². The predicted molar refractivity (Wildman–Crippen MR) is 100 cm³/mol.